The van der Waals surface area contributed by atoms with Gasteiger partial charge in [0.2, 0.25) is 14.2 Å². The predicted molar refractivity (Wildman–Crippen MR) is 90.4 cm³/mol. The molecule has 130 valence electrons. The standard InChI is InChI=1S/C15H15Cl2O6P/c1-19-24(20-2)15(13-4-3-7-21-13)23-14(18)9-22-12-6-5-10(16)8-11(12)17/h3-8,15H,9H2,1-2H3. The summed E-state index contributed by atoms with van der Waals surface area (Å²) in [4.78, 5) is 12.1. The Labute approximate surface area is 150 Å². The van der Waals surface area contributed by atoms with Crippen LogP contribution in [0.4, 0.5) is 0 Å². The number of ether oxygens (including phenoxy) is 2. The fraction of sp³-hybridized carbons (Fsp3) is 0.267. The molecule has 0 N–H and O–H groups in total. The Morgan fingerprint density at radius 3 is 2.58 bits per heavy atom. The maximum absolute atomic E-state index is 12.1. The van der Waals surface area contributed by atoms with Crippen LogP contribution in [0.5, 0.6) is 5.75 Å². The van der Waals surface area contributed by atoms with Gasteiger partial charge in [0.15, 0.2) is 12.4 Å². The summed E-state index contributed by atoms with van der Waals surface area (Å²) in [5.74, 6) is -0.679. The van der Waals surface area contributed by atoms with Crippen molar-refractivity contribution in [2.45, 2.75) is 5.85 Å². The minimum atomic E-state index is -1.51. The average Bonchev–Trinajstić information content (AvgIpc) is 3.08. The Hall–Kier alpha value is -1.30. The molecule has 1 aromatic carbocycles. The quantitative estimate of drug-likeness (QED) is 0.474. The van der Waals surface area contributed by atoms with Crippen LogP contribution in [0.2, 0.25) is 10.0 Å². The SMILES string of the molecule is COP(OC)C(OC(=O)COc1ccc(Cl)cc1Cl)c1ccco1. The maximum Gasteiger partial charge on any atom is 0.345 e. The van der Waals surface area contributed by atoms with E-state index in [4.69, 9.17) is 46.1 Å². The van der Waals surface area contributed by atoms with E-state index in [1.165, 1.54) is 26.5 Å². The molecular formula is C15H15Cl2O6P. The van der Waals surface area contributed by atoms with Crippen molar-refractivity contribution in [3.63, 3.8) is 0 Å². The van der Waals surface area contributed by atoms with Gasteiger partial charge in [0.25, 0.3) is 0 Å². The molecule has 0 aliphatic carbocycles. The molecule has 0 fully saturated rings. The topological polar surface area (TPSA) is 67.1 Å². The minimum Gasteiger partial charge on any atom is -0.480 e. The highest BCUT2D eigenvalue weighted by molar-refractivity contribution is 7.47. The number of hydrogen-bond acceptors (Lipinski definition) is 6. The van der Waals surface area contributed by atoms with Crippen molar-refractivity contribution in [1.82, 2.24) is 0 Å². The van der Waals surface area contributed by atoms with Gasteiger partial charge in [-0.1, -0.05) is 23.2 Å². The molecule has 0 aliphatic heterocycles. The van der Waals surface area contributed by atoms with E-state index in [-0.39, 0.29) is 6.61 Å². The van der Waals surface area contributed by atoms with Crippen LogP contribution in [0.25, 0.3) is 0 Å². The zero-order valence-corrected chi connectivity index (χ0v) is 15.3. The summed E-state index contributed by atoms with van der Waals surface area (Å²) in [6.45, 7) is -0.338. The Balaban J connectivity index is 2.00. The van der Waals surface area contributed by atoms with Crippen LogP contribution in [-0.2, 0) is 18.6 Å². The highest BCUT2D eigenvalue weighted by Gasteiger charge is 2.31. The smallest absolute Gasteiger partial charge is 0.345 e. The van der Waals surface area contributed by atoms with Crippen LogP contribution >= 0.6 is 31.6 Å². The lowest BCUT2D eigenvalue weighted by Crippen LogP contribution is -2.18. The van der Waals surface area contributed by atoms with E-state index < -0.39 is 20.2 Å². The molecule has 2 rings (SSSR count). The van der Waals surface area contributed by atoms with E-state index in [0.717, 1.165) is 0 Å². The lowest BCUT2D eigenvalue weighted by molar-refractivity contribution is -0.149. The van der Waals surface area contributed by atoms with Gasteiger partial charge in [0, 0.05) is 19.2 Å². The number of hydrogen-bond donors (Lipinski definition) is 0. The Kier molecular flexibility index (Phi) is 7.34. The molecule has 9 heteroatoms. The van der Waals surface area contributed by atoms with Gasteiger partial charge in [-0.15, -0.1) is 0 Å². The summed E-state index contributed by atoms with van der Waals surface area (Å²) in [6.07, 6.45) is 1.47. The molecule has 0 amide bonds. The second kappa shape index (κ2) is 9.25. The van der Waals surface area contributed by atoms with E-state index in [9.17, 15) is 4.79 Å². The van der Waals surface area contributed by atoms with E-state index in [1.807, 2.05) is 0 Å². The molecule has 1 heterocycles. The van der Waals surface area contributed by atoms with Crippen LogP contribution in [0.1, 0.15) is 11.6 Å². The monoisotopic (exact) mass is 392 g/mol. The van der Waals surface area contributed by atoms with Crippen LogP contribution < -0.4 is 4.74 Å². The van der Waals surface area contributed by atoms with Gasteiger partial charge in [-0.25, -0.2) is 4.79 Å². The maximum atomic E-state index is 12.1. The number of furan rings is 1. The van der Waals surface area contributed by atoms with Crippen molar-refractivity contribution in [2.75, 3.05) is 20.8 Å². The second-order valence-electron chi connectivity index (χ2n) is 4.37. The molecule has 6 nitrogen and oxygen atoms in total. The third-order valence-corrected chi connectivity index (χ3v) is 4.81. The van der Waals surface area contributed by atoms with Crippen LogP contribution in [0, 0.1) is 0 Å². The van der Waals surface area contributed by atoms with Crippen LogP contribution in [-0.4, -0.2) is 26.8 Å². The van der Waals surface area contributed by atoms with Gasteiger partial charge in [-0.3, -0.25) is 0 Å². The molecule has 24 heavy (non-hydrogen) atoms. The normalized spacial score (nSPS) is 12.2. The molecule has 0 aliphatic rings. The third-order valence-electron chi connectivity index (χ3n) is 2.82. The molecule has 0 bridgehead atoms. The lowest BCUT2D eigenvalue weighted by Gasteiger charge is -2.21. The van der Waals surface area contributed by atoms with Crippen LogP contribution in [0.15, 0.2) is 41.0 Å². The summed E-state index contributed by atoms with van der Waals surface area (Å²) in [5, 5.41) is 0.771. The molecule has 2 aromatic rings. The average molecular weight is 393 g/mol. The lowest BCUT2D eigenvalue weighted by atomic mass is 10.3. The Morgan fingerprint density at radius 1 is 1.25 bits per heavy atom. The summed E-state index contributed by atoms with van der Waals surface area (Å²) in [6, 6.07) is 8.04. The fourth-order valence-corrected chi connectivity index (χ4v) is 3.34. The summed E-state index contributed by atoms with van der Waals surface area (Å²) < 4.78 is 26.4. The molecule has 0 saturated carbocycles. The molecular weight excluding hydrogens is 378 g/mol. The van der Waals surface area contributed by atoms with Crippen molar-refractivity contribution in [3.8, 4) is 5.75 Å². The highest BCUT2D eigenvalue weighted by atomic mass is 35.5. The van der Waals surface area contributed by atoms with E-state index in [2.05, 4.69) is 0 Å². The van der Waals surface area contributed by atoms with E-state index in [1.54, 1.807) is 24.3 Å². The molecule has 0 radical (unpaired) electrons. The number of carbonyl (C=O) groups is 1. The molecule has 1 atom stereocenters. The first-order chi connectivity index (χ1) is 11.5. The molecule has 1 unspecified atom stereocenters. The zero-order chi connectivity index (χ0) is 17.5. The number of benzene rings is 1. The largest absolute Gasteiger partial charge is 0.480 e. The minimum absolute atomic E-state index is 0.300. The molecule has 0 spiro atoms. The summed E-state index contributed by atoms with van der Waals surface area (Å²) >= 11 is 11.8. The predicted octanol–water partition coefficient (Wildman–Crippen LogP) is 4.81. The first-order valence-corrected chi connectivity index (χ1v) is 8.73. The Bertz CT molecular complexity index is 660. The van der Waals surface area contributed by atoms with E-state index >= 15 is 0 Å². The van der Waals surface area contributed by atoms with Gasteiger partial charge in [0.05, 0.1) is 11.3 Å². The van der Waals surface area contributed by atoms with Gasteiger partial charge >= 0.3 is 5.97 Å². The van der Waals surface area contributed by atoms with Crippen molar-refractivity contribution in [1.29, 1.82) is 0 Å². The van der Waals surface area contributed by atoms with Gasteiger partial charge in [0.1, 0.15) is 5.75 Å². The number of esters is 1. The number of halogens is 2. The second-order valence-corrected chi connectivity index (χ2v) is 6.99. The molecule has 0 saturated heterocycles. The van der Waals surface area contributed by atoms with Gasteiger partial charge < -0.3 is 22.9 Å². The van der Waals surface area contributed by atoms with Crippen molar-refractivity contribution in [3.05, 3.63) is 52.4 Å². The van der Waals surface area contributed by atoms with Crippen molar-refractivity contribution >= 4 is 37.5 Å². The third kappa shape index (κ3) is 5.10. The van der Waals surface area contributed by atoms with Gasteiger partial charge in [-0.05, 0) is 30.3 Å². The van der Waals surface area contributed by atoms with E-state index in [0.29, 0.717) is 21.6 Å². The highest BCUT2D eigenvalue weighted by Crippen LogP contribution is 2.52. The van der Waals surface area contributed by atoms with Crippen molar-refractivity contribution in [2.24, 2.45) is 0 Å². The number of rotatable bonds is 8. The molecule has 1 aromatic heterocycles. The van der Waals surface area contributed by atoms with Crippen LogP contribution in [0.3, 0.4) is 0 Å². The summed E-state index contributed by atoms with van der Waals surface area (Å²) in [5.41, 5.74) is 0. The zero-order valence-electron chi connectivity index (χ0n) is 12.9. The fourth-order valence-electron chi connectivity index (χ4n) is 1.79. The van der Waals surface area contributed by atoms with Crippen molar-refractivity contribution < 1.29 is 27.7 Å². The number of carbonyl (C=O) groups excluding carboxylic acids is 1. The van der Waals surface area contributed by atoms with Gasteiger partial charge in [-0.2, -0.15) is 0 Å². The summed E-state index contributed by atoms with van der Waals surface area (Å²) in [7, 11) is 1.41. The Morgan fingerprint density at radius 2 is 2.00 bits per heavy atom. The first-order valence-electron chi connectivity index (χ1n) is 6.73. The first kappa shape index (κ1) is 19.0.